The number of rotatable bonds is 6. The van der Waals surface area contributed by atoms with Gasteiger partial charge in [0.25, 0.3) is 5.91 Å². The molecule has 2 amide bonds. The van der Waals surface area contributed by atoms with Gasteiger partial charge in [-0.15, -0.1) is 0 Å². The third-order valence-electron chi connectivity index (χ3n) is 3.86. The lowest BCUT2D eigenvalue weighted by Gasteiger charge is -2.29. The van der Waals surface area contributed by atoms with Crippen LogP contribution < -0.4 is 10.2 Å². The number of para-hydroxylation sites is 1. The van der Waals surface area contributed by atoms with Gasteiger partial charge in [-0.3, -0.25) is 14.5 Å². The summed E-state index contributed by atoms with van der Waals surface area (Å²) in [5.74, 6) is -0.379. The van der Waals surface area contributed by atoms with E-state index in [2.05, 4.69) is 5.32 Å². The normalized spacial score (nSPS) is 15.0. The molecule has 134 valence electrons. The molecule has 2 aromatic rings. The molecule has 1 N–H and O–H groups in total. The molecule has 0 bridgehead atoms. The van der Waals surface area contributed by atoms with Crippen LogP contribution in [0.2, 0.25) is 0 Å². The Morgan fingerprint density at radius 3 is 2.65 bits per heavy atom. The van der Waals surface area contributed by atoms with Crippen LogP contribution in [0.1, 0.15) is 5.56 Å². The molecule has 0 fully saturated rings. The van der Waals surface area contributed by atoms with Crippen molar-refractivity contribution in [3.63, 3.8) is 0 Å². The Morgan fingerprint density at radius 2 is 1.88 bits per heavy atom. The summed E-state index contributed by atoms with van der Waals surface area (Å²) in [6.07, 6.45) is 1.86. The van der Waals surface area contributed by atoms with Gasteiger partial charge in [0, 0.05) is 18.6 Å². The molecule has 0 aliphatic carbocycles. The third kappa shape index (κ3) is 4.33. The highest BCUT2D eigenvalue weighted by Gasteiger charge is 2.30. The molecule has 1 heterocycles. The molecule has 3 rings (SSSR count). The number of hydrogen-bond donors (Lipinski definition) is 1. The first-order chi connectivity index (χ1) is 12.7. The van der Waals surface area contributed by atoms with Gasteiger partial charge in [-0.25, -0.2) is 0 Å². The van der Waals surface area contributed by atoms with Gasteiger partial charge in [0.2, 0.25) is 5.91 Å². The minimum absolute atomic E-state index is 0.0216. The highest BCUT2D eigenvalue weighted by atomic mass is 32.2. The van der Waals surface area contributed by atoms with Crippen molar-refractivity contribution in [3.05, 3.63) is 65.1 Å². The second kappa shape index (κ2) is 8.69. The van der Waals surface area contributed by atoms with E-state index < -0.39 is 0 Å². The van der Waals surface area contributed by atoms with E-state index in [9.17, 15) is 9.59 Å². The lowest BCUT2D eigenvalue weighted by Crippen LogP contribution is -2.43. The number of thioether (sulfide) groups is 1. The number of carbonyl (C=O) groups excluding carboxylic acids is 2. The zero-order chi connectivity index (χ0) is 18.4. The summed E-state index contributed by atoms with van der Waals surface area (Å²) in [6, 6.07) is 17.3. The summed E-state index contributed by atoms with van der Waals surface area (Å²) in [5, 5.41) is 2.76. The lowest BCUT2D eigenvalue weighted by atomic mass is 10.2. The summed E-state index contributed by atoms with van der Waals surface area (Å²) in [7, 11) is 1.58. The number of anilines is 1. The van der Waals surface area contributed by atoms with Gasteiger partial charge >= 0.3 is 0 Å². The van der Waals surface area contributed by atoms with Crippen molar-refractivity contribution in [3.8, 4) is 0 Å². The Balaban J connectivity index is 1.86. The van der Waals surface area contributed by atoms with Crippen LogP contribution in [0, 0.1) is 0 Å². The average Bonchev–Trinajstić information content (AvgIpc) is 2.66. The molecular formula is C20H20N2O3S. The van der Waals surface area contributed by atoms with Gasteiger partial charge in [0.1, 0.15) is 6.54 Å². The largest absolute Gasteiger partial charge is 0.383 e. The van der Waals surface area contributed by atoms with Crippen molar-refractivity contribution >= 4 is 35.3 Å². The second-order valence-electron chi connectivity index (χ2n) is 5.72. The average molecular weight is 368 g/mol. The number of amides is 2. The molecule has 0 spiro atoms. The number of hydrogen-bond acceptors (Lipinski definition) is 4. The van der Waals surface area contributed by atoms with E-state index in [1.54, 1.807) is 7.11 Å². The maximum atomic E-state index is 13.0. The Kier molecular flexibility index (Phi) is 6.09. The van der Waals surface area contributed by atoms with E-state index in [1.165, 1.54) is 16.7 Å². The quantitative estimate of drug-likeness (QED) is 0.629. The smallest absolute Gasteiger partial charge is 0.265 e. The fourth-order valence-electron chi connectivity index (χ4n) is 2.61. The fourth-order valence-corrected chi connectivity index (χ4v) is 3.67. The van der Waals surface area contributed by atoms with E-state index in [4.69, 9.17) is 4.74 Å². The number of carbonyl (C=O) groups is 2. The minimum Gasteiger partial charge on any atom is -0.383 e. The minimum atomic E-state index is -0.212. The second-order valence-corrected chi connectivity index (χ2v) is 6.81. The van der Waals surface area contributed by atoms with E-state index >= 15 is 0 Å². The topological polar surface area (TPSA) is 58.6 Å². The van der Waals surface area contributed by atoms with Crippen LogP contribution in [0.25, 0.3) is 6.08 Å². The summed E-state index contributed by atoms with van der Waals surface area (Å²) < 4.78 is 4.94. The Hall–Kier alpha value is -2.57. The van der Waals surface area contributed by atoms with Crippen molar-refractivity contribution in [2.24, 2.45) is 0 Å². The van der Waals surface area contributed by atoms with Crippen LogP contribution >= 0.6 is 11.8 Å². The molecule has 1 aliphatic heterocycles. The van der Waals surface area contributed by atoms with Crippen LogP contribution in [-0.4, -0.2) is 38.6 Å². The zero-order valence-corrected chi connectivity index (χ0v) is 15.3. The van der Waals surface area contributed by atoms with Crippen LogP contribution in [0.3, 0.4) is 0 Å². The number of nitrogens with zero attached hydrogens (tertiary/aromatic N) is 1. The van der Waals surface area contributed by atoms with Gasteiger partial charge in [0.05, 0.1) is 17.2 Å². The van der Waals surface area contributed by atoms with Crippen molar-refractivity contribution in [2.45, 2.75) is 4.90 Å². The first-order valence-corrected chi connectivity index (χ1v) is 9.12. The maximum absolute atomic E-state index is 13.0. The molecule has 0 radical (unpaired) electrons. The van der Waals surface area contributed by atoms with E-state index in [1.807, 2.05) is 60.7 Å². The molecule has 5 nitrogen and oxygen atoms in total. The molecule has 2 aromatic carbocycles. The Labute approximate surface area is 157 Å². The van der Waals surface area contributed by atoms with Gasteiger partial charge in [0.15, 0.2) is 0 Å². The zero-order valence-electron chi connectivity index (χ0n) is 14.5. The highest BCUT2D eigenvalue weighted by Crippen LogP contribution is 2.41. The summed E-state index contributed by atoms with van der Waals surface area (Å²) in [5.41, 5.74) is 1.71. The maximum Gasteiger partial charge on any atom is 0.265 e. The third-order valence-corrected chi connectivity index (χ3v) is 4.94. The van der Waals surface area contributed by atoms with Crippen LogP contribution in [0.15, 0.2) is 64.4 Å². The first-order valence-electron chi connectivity index (χ1n) is 8.30. The number of fused-ring (bicyclic) bond motifs is 1. The van der Waals surface area contributed by atoms with Crippen molar-refractivity contribution in [1.29, 1.82) is 0 Å². The van der Waals surface area contributed by atoms with Gasteiger partial charge in [-0.1, -0.05) is 54.2 Å². The molecule has 0 saturated heterocycles. The van der Waals surface area contributed by atoms with Crippen molar-refractivity contribution in [2.75, 3.05) is 31.7 Å². The molecule has 0 saturated carbocycles. The Morgan fingerprint density at radius 1 is 1.15 bits per heavy atom. The van der Waals surface area contributed by atoms with Gasteiger partial charge in [-0.2, -0.15) is 0 Å². The number of benzene rings is 2. The Bertz CT molecular complexity index is 821. The van der Waals surface area contributed by atoms with E-state index in [-0.39, 0.29) is 18.4 Å². The molecule has 0 atom stereocenters. The highest BCUT2D eigenvalue weighted by molar-refractivity contribution is 8.04. The van der Waals surface area contributed by atoms with Crippen molar-refractivity contribution in [1.82, 2.24) is 5.32 Å². The van der Waals surface area contributed by atoms with E-state index in [0.717, 1.165) is 16.1 Å². The fraction of sp³-hybridized carbons (Fsp3) is 0.200. The summed E-state index contributed by atoms with van der Waals surface area (Å²) >= 11 is 1.43. The summed E-state index contributed by atoms with van der Waals surface area (Å²) in [4.78, 5) is 28.3. The molecule has 0 unspecified atom stereocenters. The monoisotopic (exact) mass is 368 g/mol. The lowest BCUT2D eigenvalue weighted by molar-refractivity contribution is -0.122. The van der Waals surface area contributed by atoms with E-state index in [0.29, 0.717) is 18.1 Å². The van der Waals surface area contributed by atoms with Crippen LogP contribution in [0.4, 0.5) is 5.69 Å². The predicted octanol–water partition coefficient (Wildman–Crippen LogP) is 2.93. The molecule has 26 heavy (non-hydrogen) atoms. The number of methoxy groups -OCH3 is 1. The molecule has 1 aliphatic rings. The predicted molar refractivity (Wildman–Crippen MR) is 104 cm³/mol. The SMILES string of the molecule is COCCNC(=O)CN1C(=O)/C(=C/c2ccccc2)Sc2ccccc21. The van der Waals surface area contributed by atoms with Gasteiger partial charge in [-0.05, 0) is 23.8 Å². The van der Waals surface area contributed by atoms with Crippen LogP contribution in [0.5, 0.6) is 0 Å². The molecule has 0 aromatic heterocycles. The molecule has 6 heteroatoms. The summed E-state index contributed by atoms with van der Waals surface area (Å²) in [6.45, 7) is 0.831. The first kappa shape index (κ1) is 18.2. The number of nitrogens with one attached hydrogen (secondary N) is 1. The van der Waals surface area contributed by atoms with Crippen LogP contribution in [-0.2, 0) is 14.3 Å². The molecular weight excluding hydrogens is 348 g/mol. The van der Waals surface area contributed by atoms with Gasteiger partial charge < -0.3 is 10.1 Å². The van der Waals surface area contributed by atoms with Crippen molar-refractivity contribution < 1.29 is 14.3 Å². The number of ether oxygens (including phenoxy) is 1. The standard InChI is InChI=1S/C20H20N2O3S/c1-25-12-11-21-19(23)14-22-16-9-5-6-10-17(16)26-18(20(22)24)13-15-7-3-2-4-8-15/h2-10,13H,11-12,14H2,1H3,(H,21,23)/b18-13-.